The quantitative estimate of drug-likeness (QED) is 0.643. The highest BCUT2D eigenvalue weighted by Gasteiger charge is 2.26. The molecule has 0 bridgehead atoms. The van der Waals surface area contributed by atoms with Crippen molar-refractivity contribution >= 4 is 11.8 Å². The Hall–Kier alpha value is -3.29. The van der Waals surface area contributed by atoms with E-state index in [0.29, 0.717) is 49.0 Å². The molecule has 0 unspecified atom stereocenters. The molecule has 3 rings (SSSR count). The minimum absolute atomic E-state index is 0.0137. The van der Waals surface area contributed by atoms with Gasteiger partial charge in [0.1, 0.15) is 17.1 Å². The maximum absolute atomic E-state index is 12.9. The van der Waals surface area contributed by atoms with Crippen LogP contribution in [0.1, 0.15) is 41.6 Å². The second-order valence-electron chi connectivity index (χ2n) is 7.81. The zero-order valence-corrected chi connectivity index (χ0v) is 18.9. The van der Waals surface area contributed by atoms with Gasteiger partial charge in [0.25, 0.3) is 5.91 Å². The van der Waals surface area contributed by atoms with E-state index in [-0.39, 0.29) is 17.7 Å². The van der Waals surface area contributed by atoms with E-state index in [2.05, 4.69) is 10.3 Å². The standard InChI is InChI=1S/C24H31N3O5/c1-30-19-10-9-18(21(14-19)31-2)15-26-22(28)11-8-17-6-5-13-27(16-17)24(29)20-7-4-12-25-23(20)32-3/h4,7,9-10,12,14,17H,5-6,8,11,13,15-16H2,1-3H3,(H,26,28)/t17-/m0/s1. The lowest BCUT2D eigenvalue weighted by Crippen LogP contribution is -2.40. The van der Waals surface area contributed by atoms with E-state index < -0.39 is 0 Å². The van der Waals surface area contributed by atoms with Crippen LogP contribution in [0.15, 0.2) is 36.5 Å². The number of nitrogens with zero attached hydrogens (tertiary/aromatic N) is 2. The number of benzene rings is 1. The summed E-state index contributed by atoms with van der Waals surface area (Å²) in [5, 5.41) is 2.96. The summed E-state index contributed by atoms with van der Waals surface area (Å²) >= 11 is 0. The first kappa shape index (κ1) is 23.4. The number of ether oxygens (including phenoxy) is 3. The second kappa shape index (κ2) is 11.4. The maximum atomic E-state index is 12.9. The van der Waals surface area contributed by atoms with Crippen LogP contribution in [0.5, 0.6) is 17.4 Å². The molecule has 172 valence electrons. The fourth-order valence-corrected chi connectivity index (χ4v) is 3.99. The molecule has 1 aliphatic rings. The Balaban J connectivity index is 1.49. The monoisotopic (exact) mass is 441 g/mol. The van der Waals surface area contributed by atoms with Gasteiger partial charge in [-0.3, -0.25) is 9.59 Å². The van der Waals surface area contributed by atoms with Crippen molar-refractivity contribution in [1.29, 1.82) is 0 Å². The zero-order valence-electron chi connectivity index (χ0n) is 18.9. The van der Waals surface area contributed by atoms with E-state index in [4.69, 9.17) is 14.2 Å². The second-order valence-corrected chi connectivity index (χ2v) is 7.81. The number of amides is 2. The lowest BCUT2D eigenvalue weighted by atomic mass is 9.93. The van der Waals surface area contributed by atoms with Gasteiger partial charge in [-0.15, -0.1) is 0 Å². The molecule has 1 aromatic carbocycles. The third-order valence-electron chi connectivity index (χ3n) is 5.75. The van der Waals surface area contributed by atoms with Crippen LogP contribution in [0.25, 0.3) is 0 Å². The number of likely N-dealkylation sites (tertiary alicyclic amines) is 1. The lowest BCUT2D eigenvalue weighted by molar-refractivity contribution is -0.121. The van der Waals surface area contributed by atoms with Crippen LogP contribution in [-0.2, 0) is 11.3 Å². The molecule has 1 fully saturated rings. The van der Waals surface area contributed by atoms with E-state index in [9.17, 15) is 9.59 Å². The minimum atomic E-state index is -0.0734. The van der Waals surface area contributed by atoms with E-state index in [0.717, 1.165) is 24.8 Å². The van der Waals surface area contributed by atoms with E-state index in [1.807, 2.05) is 17.0 Å². The molecule has 2 aromatic rings. The summed E-state index contributed by atoms with van der Waals surface area (Å²) in [4.78, 5) is 31.3. The van der Waals surface area contributed by atoms with Crippen molar-refractivity contribution in [2.75, 3.05) is 34.4 Å². The highest BCUT2D eigenvalue weighted by molar-refractivity contribution is 5.96. The Morgan fingerprint density at radius 1 is 1.16 bits per heavy atom. The number of rotatable bonds is 9. The predicted octanol–water partition coefficient (Wildman–Crippen LogP) is 3.06. The molecule has 0 saturated carbocycles. The molecule has 8 nitrogen and oxygen atoms in total. The van der Waals surface area contributed by atoms with Crippen LogP contribution in [0.4, 0.5) is 0 Å². The van der Waals surface area contributed by atoms with Gasteiger partial charge in [-0.05, 0) is 49.4 Å². The first-order chi connectivity index (χ1) is 15.5. The van der Waals surface area contributed by atoms with Gasteiger partial charge in [-0.1, -0.05) is 0 Å². The maximum Gasteiger partial charge on any atom is 0.259 e. The highest BCUT2D eigenvalue weighted by atomic mass is 16.5. The molecule has 0 aliphatic carbocycles. The summed E-state index contributed by atoms with van der Waals surface area (Å²) in [6, 6.07) is 8.99. The molecule has 8 heteroatoms. The van der Waals surface area contributed by atoms with Crippen molar-refractivity contribution in [3.05, 3.63) is 47.7 Å². The van der Waals surface area contributed by atoms with Gasteiger partial charge in [-0.2, -0.15) is 0 Å². The minimum Gasteiger partial charge on any atom is -0.497 e. The van der Waals surface area contributed by atoms with Crippen LogP contribution in [0.2, 0.25) is 0 Å². The molecular formula is C24H31N3O5. The summed E-state index contributed by atoms with van der Waals surface area (Å²) in [5.41, 5.74) is 1.36. The molecule has 32 heavy (non-hydrogen) atoms. The van der Waals surface area contributed by atoms with Gasteiger partial charge in [0.15, 0.2) is 0 Å². The Morgan fingerprint density at radius 3 is 2.75 bits per heavy atom. The zero-order chi connectivity index (χ0) is 22.9. The summed E-state index contributed by atoms with van der Waals surface area (Å²) in [5.74, 6) is 1.93. The van der Waals surface area contributed by atoms with Gasteiger partial charge in [0.05, 0.1) is 21.3 Å². The molecule has 1 saturated heterocycles. The van der Waals surface area contributed by atoms with Gasteiger partial charge in [0.2, 0.25) is 11.8 Å². The summed E-state index contributed by atoms with van der Waals surface area (Å²) in [6.07, 6.45) is 4.69. The predicted molar refractivity (Wildman–Crippen MR) is 120 cm³/mol. The Kier molecular flexibility index (Phi) is 8.30. The Morgan fingerprint density at radius 2 is 2.00 bits per heavy atom. The number of aromatic nitrogens is 1. The molecule has 0 radical (unpaired) electrons. The average Bonchev–Trinajstić information content (AvgIpc) is 2.85. The molecule has 1 aromatic heterocycles. The fraction of sp³-hybridized carbons (Fsp3) is 0.458. The van der Waals surface area contributed by atoms with Gasteiger partial charge in [-0.25, -0.2) is 4.98 Å². The third kappa shape index (κ3) is 5.90. The van der Waals surface area contributed by atoms with E-state index in [1.165, 1.54) is 7.11 Å². The highest BCUT2D eigenvalue weighted by Crippen LogP contribution is 2.26. The first-order valence-corrected chi connectivity index (χ1v) is 10.8. The smallest absolute Gasteiger partial charge is 0.259 e. The van der Waals surface area contributed by atoms with Gasteiger partial charge in [0, 0.05) is 43.9 Å². The van der Waals surface area contributed by atoms with Crippen LogP contribution in [0, 0.1) is 5.92 Å². The van der Waals surface area contributed by atoms with Gasteiger partial charge < -0.3 is 24.4 Å². The van der Waals surface area contributed by atoms with E-state index >= 15 is 0 Å². The van der Waals surface area contributed by atoms with Crippen LogP contribution in [0.3, 0.4) is 0 Å². The number of carbonyl (C=O) groups is 2. The van der Waals surface area contributed by atoms with Crippen molar-refractivity contribution in [2.24, 2.45) is 5.92 Å². The van der Waals surface area contributed by atoms with Gasteiger partial charge >= 0.3 is 0 Å². The Bertz CT molecular complexity index is 934. The summed E-state index contributed by atoms with van der Waals surface area (Å²) < 4.78 is 15.8. The summed E-state index contributed by atoms with van der Waals surface area (Å²) in [7, 11) is 4.71. The number of hydrogen-bond acceptors (Lipinski definition) is 6. The van der Waals surface area contributed by atoms with Crippen LogP contribution in [-0.4, -0.2) is 56.1 Å². The number of carbonyl (C=O) groups excluding carboxylic acids is 2. The fourth-order valence-electron chi connectivity index (χ4n) is 3.99. The number of methoxy groups -OCH3 is 3. The van der Waals surface area contributed by atoms with Crippen molar-refractivity contribution in [3.63, 3.8) is 0 Å². The molecular weight excluding hydrogens is 410 g/mol. The number of hydrogen-bond donors (Lipinski definition) is 1. The van der Waals surface area contributed by atoms with Crippen molar-refractivity contribution < 1.29 is 23.8 Å². The topological polar surface area (TPSA) is 90.0 Å². The van der Waals surface area contributed by atoms with Crippen molar-refractivity contribution in [3.8, 4) is 17.4 Å². The molecule has 1 aliphatic heterocycles. The largest absolute Gasteiger partial charge is 0.497 e. The van der Waals surface area contributed by atoms with Crippen LogP contribution < -0.4 is 19.5 Å². The number of pyridine rings is 1. The molecule has 1 N–H and O–H groups in total. The first-order valence-electron chi connectivity index (χ1n) is 10.8. The molecule has 2 amide bonds. The van der Waals surface area contributed by atoms with Crippen molar-refractivity contribution in [2.45, 2.75) is 32.2 Å². The molecule has 2 heterocycles. The SMILES string of the molecule is COc1ccc(CNC(=O)CC[C@@H]2CCCN(C(=O)c3cccnc3OC)C2)c(OC)c1. The Labute approximate surface area is 188 Å². The summed E-state index contributed by atoms with van der Waals surface area (Å²) in [6.45, 7) is 1.73. The average molecular weight is 442 g/mol. The molecule has 1 atom stereocenters. The number of nitrogens with one attached hydrogen (secondary N) is 1. The van der Waals surface area contributed by atoms with Crippen LogP contribution >= 0.6 is 0 Å². The normalized spacial score (nSPS) is 15.7. The lowest BCUT2D eigenvalue weighted by Gasteiger charge is -2.33. The van der Waals surface area contributed by atoms with Crippen molar-refractivity contribution in [1.82, 2.24) is 15.2 Å². The van der Waals surface area contributed by atoms with E-state index in [1.54, 1.807) is 38.6 Å². The molecule has 0 spiro atoms. The number of piperidine rings is 1. The third-order valence-corrected chi connectivity index (χ3v) is 5.75.